The number of hydrogen-bond donors (Lipinski definition) is 1. The van der Waals surface area contributed by atoms with Gasteiger partial charge in [0.25, 0.3) is 5.91 Å². The highest BCUT2D eigenvalue weighted by molar-refractivity contribution is 9.10. The van der Waals surface area contributed by atoms with E-state index >= 15 is 0 Å². The van der Waals surface area contributed by atoms with Gasteiger partial charge in [0.15, 0.2) is 0 Å². The van der Waals surface area contributed by atoms with E-state index in [1.807, 2.05) is 12.1 Å². The van der Waals surface area contributed by atoms with Crippen LogP contribution in [-0.2, 0) is 10.2 Å². The number of carbonyl (C=O) groups is 2. The molecule has 5 heteroatoms. The molecule has 122 valence electrons. The van der Waals surface area contributed by atoms with Crippen molar-refractivity contribution in [3.05, 3.63) is 33.8 Å². The molecule has 0 saturated heterocycles. The van der Waals surface area contributed by atoms with Crippen LogP contribution in [0.5, 0.6) is 0 Å². The van der Waals surface area contributed by atoms with Gasteiger partial charge in [-0.2, -0.15) is 0 Å². The van der Waals surface area contributed by atoms with Gasteiger partial charge in [-0.05, 0) is 55.4 Å². The number of nitrogens with zero attached hydrogens (tertiary/aromatic N) is 1. The summed E-state index contributed by atoms with van der Waals surface area (Å²) in [5, 5.41) is 2.99. The van der Waals surface area contributed by atoms with E-state index in [9.17, 15) is 9.59 Å². The van der Waals surface area contributed by atoms with Gasteiger partial charge < -0.3 is 10.2 Å². The maximum Gasteiger partial charge on any atom is 0.254 e. The molecule has 1 aromatic rings. The first-order chi connectivity index (χ1) is 11.1. The molecule has 3 aliphatic rings. The monoisotopic (exact) mass is 376 g/mol. The number of rotatable bonds is 4. The van der Waals surface area contributed by atoms with E-state index in [1.54, 1.807) is 4.90 Å². The molecule has 2 aliphatic carbocycles. The Hall–Kier alpha value is -1.36. The molecule has 2 amide bonds. The van der Waals surface area contributed by atoms with Gasteiger partial charge in [0.2, 0.25) is 5.91 Å². The Bertz CT molecular complexity index is 665. The summed E-state index contributed by atoms with van der Waals surface area (Å²) in [5.74, 6) is 0.606. The third kappa shape index (κ3) is 2.80. The second kappa shape index (κ2) is 5.62. The molecule has 0 aromatic heterocycles. The molecule has 0 radical (unpaired) electrons. The van der Waals surface area contributed by atoms with Gasteiger partial charge in [-0.25, -0.2) is 0 Å². The van der Waals surface area contributed by atoms with Crippen LogP contribution in [0.4, 0.5) is 0 Å². The lowest BCUT2D eigenvalue weighted by atomic mass is 9.85. The van der Waals surface area contributed by atoms with E-state index in [0.717, 1.165) is 35.0 Å². The summed E-state index contributed by atoms with van der Waals surface area (Å²) in [7, 11) is 0. The smallest absolute Gasteiger partial charge is 0.254 e. The van der Waals surface area contributed by atoms with Gasteiger partial charge in [-0.15, -0.1) is 0 Å². The van der Waals surface area contributed by atoms with Crippen LogP contribution in [0.1, 0.15) is 48.0 Å². The van der Waals surface area contributed by atoms with E-state index < -0.39 is 0 Å². The maximum absolute atomic E-state index is 12.7. The second-order valence-electron chi connectivity index (χ2n) is 7.23. The summed E-state index contributed by atoms with van der Waals surface area (Å²) in [6.45, 7) is 1.62. The minimum Gasteiger partial charge on any atom is -0.354 e. The van der Waals surface area contributed by atoms with E-state index in [4.69, 9.17) is 0 Å². The Morgan fingerprint density at radius 2 is 2.13 bits per heavy atom. The molecule has 1 heterocycles. The van der Waals surface area contributed by atoms with Gasteiger partial charge in [0, 0.05) is 28.5 Å². The second-order valence-corrected chi connectivity index (χ2v) is 8.15. The Morgan fingerprint density at radius 3 is 2.78 bits per heavy atom. The summed E-state index contributed by atoms with van der Waals surface area (Å²) < 4.78 is 1.02. The Balaban J connectivity index is 1.47. The molecular weight excluding hydrogens is 356 g/mol. The van der Waals surface area contributed by atoms with Crippen molar-refractivity contribution in [1.29, 1.82) is 0 Å². The predicted octanol–water partition coefficient (Wildman–Crippen LogP) is 2.85. The summed E-state index contributed by atoms with van der Waals surface area (Å²) in [6.07, 6.45) is 5.91. The molecule has 0 unspecified atom stereocenters. The van der Waals surface area contributed by atoms with Gasteiger partial charge in [0.1, 0.15) is 0 Å². The van der Waals surface area contributed by atoms with Crippen molar-refractivity contribution in [3.63, 3.8) is 0 Å². The van der Waals surface area contributed by atoms with Crippen molar-refractivity contribution in [2.45, 2.75) is 37.5 Å². The Kier molecular flexibility index (Phi) is 3.71. The van der Waals surface area contributed by atoms with Gasteiger partial charge >= 0.3 is 0 Å². The molecule has 1 spiro atoms. The molecule has 2 fully saturated rings. The largest absolute Gasteiger partial charge is 0.354 e. The number of halogens is 1. The highest BCUT2D eigenvalue weighted by atomic mass is 79.9. The van der Waals surface area contributed by atoms with E-state index in [-0.39, 0.29) is 23.8 Å². The first kappa shape index (κ1) is 15.2. The number of amides is 2. The fourth-order valence-corrected chi connectivity index (χ4v) is 4.09. The molecule has 4 nitrogen and oxygen atoms in total. The fourth-order valence-electron chi connectivity index (χ4n) is 3.72. The summed E-state index contributed by atoms with van der Waals surface area (Å²) in [4.78, 5) is 26.6. The number of hydrogen-bond acceptors (Lipinski definition) is 2. The summed E-state index contributed by atoms with van der Waals surface area (Å²) in [5.41, 5.74) is 2.01. The van der Waals surface area contributed by atoms with Crippen LogP contribution >= 0.6 is 15.9 Å². The normalized spacial score (nSPS) is 21.8. The molecule has 1 aromatic carbocycles. The van der Waals surface area contributed by atoms with Crippen molar-refractivity contribution in [1.82, 2.24) is 10.2 Å². The van der Waals surface area contributed by atoms with Crippen molar-refractivity contribution in [3.8, 4) is 0 Å². The highest BCUT2D eigenvalue weighted by Gasteiger charge is 2.51. The first-order valence-corrected chi connectivity index (χ1v) is 9.23. The summed E-state index contributed by atoms with van der Waals surface area (Å²) in [6, 6.07) is 5.88. The molecule has 0 bridgehead atoms. The zero-order valence-corrected chi connectivity index (χ0v) is 14.7. The van der Waals surface area contributed by atoms with Crippen LogP contribution < -0.4 is 5.32 Å². The van der Waals surface area contributed by atoms with Crippen molar-refractivity contribution in [2.24, 2.45) is 5.92 Å². The average Bonchev–Trinajstić information content (AvgIpc) is 3.23. The molecular formula is C18H21BrN2O2. The first-order valence-electron chi connectivity index (χ1n) is 8.43. The van der Waals surface area contributed by atoms with Crippen LogP contribution in [0.2, 0.25) is 0 Å². The SMILES string of the molecule is O=C(CN1CC2(CC2)c2cc(Br)ccc2C1=O)NCC1CCC1. The standard InChI is InChI=1S/C18H21BrN2O2/c19-13-4-5-14-15(8-13)18(6-7-18)11-21(17(14)23)10-16(22)20-9-12-2-1-3-12/h4-5,8,12H,1-3,6-7,9-11H2,(H,20,22). The lowest BCUT2D eigenvalue weighted by Crippen LogP contribution is -2.48. The zero-order valence-electron chi connectivity index (χ0n) is 13.1. The zero-order chi connectivity index (χ0) is 16.0. The maximum atomic E-state index is 12.7. The highest BCUT2D eigenvalue weighted by Crippen LogP contribution is 2.52. The van der Waals surface area contributed by atoms with Crippen LogP contribution in [0.25, 0.3) is 0 Å². The molecule has 1 aliphatic heterocycles. The molecule has 23 heavy (non-hydrogen) atoms. The molecule has 4 rings (SSSR count). The van der Waals surface area contributed by atoms with Crippen molar-refractivity contribution >= 4 is 27.7 Å². The van der Waals surface area contributed by atoms with Crippen LogP contribution in [0.3, 0.4) is 0 Å². The van der Waals surface area contributed by atoms with Gasteiger partial charge in [-0.1, -0.05) is 22.4 Å². The van der Waals surface area contributed by atoms with Gasteiger partial charge in [0.05, 0.1) is 6.54 Å². The predicted molar refractivity (Wildman–Crippen MR) is 91.3 cm³/mol. The fraction of sp³-hybridized carbons (Fsp3) is 0.556. The summed E-state index contributed by atoms with van der Waals surface area (Å²) >= 11 is 3.50. The lowest BCUT2D eigenvalue weighted by molar-refractivity contribution is -0.122. The molecule has 0 atom stereocenters. The van der Waals surface area contributed by atoms with Crippen LogP contribution in [0.15, 0.2) is 22.7 Å². The third-order valence-electron chi connectivity index (χ3n) is 5.56. The number of fused-ring (bicyclic) bond motifs is 2. The average molecular weight is 377 g/mol. The van der Waals surface area contributed by atoms with E-state index in [1.165, 1.54) is 19.3 Å². The minimum atomic E-state index is -0.0263. The van der Waals surface area contributed by atoms with Crippen LogP contribution in [0, 0.1) is 5.92 Å². The lowest BCUT2D eigenvalue weighted by Gasteiger charge is -2.34. The van der Waals surface area contributed by atoms with Gasteiger partial charge in [-0.3, -0.25) is 9.59 Å². The number of benzene rings is 1. The topological polar surface area (TPSA) is 49.4 Å². The van der Waals surface area contributed by atoms with E-state index in [2.05, 4.69) is 27.3 Å². The third-order valence-corrected chi connectivity index (χ3v) is 6.06. The number of nitrogens with one attached hydrogen (secondary N) is 1. The Morgan fingerprint density at radius 1 is 1.35 bits per heavy atom. The number of carbonyl (C=O) groups excluding carboxylic acids is 2. The van der Waals surface area contributed by atoms with E-state index in [0.29, 0.717) is 12.5 Å². The quantitative estimate of drug-likeness (QED) is 0.877. The Labute approximate surface area is 144 Å². The molecule has 1 N–H and O–H groups in total. The van der Waals surface area contributed by atoms with Crippen molar-refractivity contribution in [2.75, 3.05) is 19.6 Å². The van der Waals surface area contributed by atoms with Crippen LogP contribution in [-0.4, -0.2) is 36.3 Å². The van der Waals surface area contributed by atoms with Crippen molar-refractivity contribution < 1.29 is 9.59 Å². The minimum absolute atomic E-state index is 0.0104. The molecule has 2 saturated carbocycles.